The van der Waals surface area contributed by atoms with Crippen LogP contribution < -0.4 is 11.1 Å². The Labute approximate surface area is 94.1 Å². The fraction of sp³-hybridized carbons (Fsp3) is 0.545. The van der Waals surface area contributed by atoms with Crippen LogP contribution in [0, 0.1) is 11.6 Å². The molecule has 16 heavy (non-hydrogen) atoms. The summed E-state index contributed by atoms with van der Waals surface area (Å²) in [6, 6.07) is 0.813. The maximum atomic E-state index is 13.4. The van der Waals surface area contributed by atoms with Crippen LogP contribution in [0.15, 0.2) is 12.3 Å². The average Bonchev–Trinajstić information content (AvgIpc) is 2.23. The molecule has 1 unspecified atom stereocenters. The predicted octanol–water partition coefficient (Wildman–Crippen LogP) is 2.29. The van der Waals surface area contributed by atoms with E-state index in [4.69, 9.17) is 5.73 Å². The smallest absolute Gasteiger partial charge is 0.168 e. The highest BCUT2D eigenvalue weighted by Crippen LogP contribution is 2.22. The summed E-state index contributed by atoms with van der Waals surface area (Å²) < 4.78 is 26.0. The highest BCUT2D eigenvalue weighted by atomic mass is 19.1. The highest BCUT2D eigenvalue weighted by molar-refractivity contribution is 5.38. The van der Waals surface area contributed by atoms with Crippen LogP contribution in [0.3, 0.4) is 0 Å². The molecule has 0 radical (unpaired) electrons. The second-order valence-corrected chi connectivity index (χ2v) is 4.06. The van der Waals surface area contributed by atoms with Gasteiger partial charge in [-0.2, -0.15) is 0 Å². The second kappa shape index (κ2) is 5.21. The first-order chi connectivity index (χ1) is 7.50. The maximum absolute atomic E-state index is 13.4. The molecule has 0 saturated carbocycles. The van der Waals surface area contributed by atoms with E-state index in [1.807, 2.05) is 13.8 Å². The third kappa shape index (κ3) is 3.13. The molecule has 0 fully saturated rings. The number of hydrogen-bond donors (Lipinski definition) is 2. The van der Waals surface area contributed by atoms with Gasteiger partial charge in [0.05, 0.1) is 6.20 Å². The Morgan fingerprint density at radius 2 is 2.19 bits per heavy atom. The van der Waals surface area contributed by atoms with E-state index in [-0.39, 0.29) is 11.4 Å². The van der Waals surface area contributed by atoms with Crippen molar-refractivity contribution in [3.8, 4) is 0 Å². The van der Waals surface area contributed by atoms with Crippen molar-refractivity contribution in [2.24, 2.45) is 5.73 Å². The lowest BCUT2D eigenvalue weighted by Crippen LogP contribution is -2.37. The molecular formula is C11H17F2N3. The molecule has 3 N–H and O–H groups in total. The number of rotatable bonds is 5. The van der Waals surface area contributed by atoms with E-state index in [1.165, 1.54) is 0 Å². The number of aromatic nitrogens is 1. The monoisotopic (exact) mass is 229 g/mol. The molecular weight excluding hydrogens is 212 g/mol. The summed E-state index contributed by atoms with van der Waals surface area (Å²) in [7, 11) is 0. The number of anilines is 1. The largest absolute Gasteiger partial charge is 0.362 e. The van der Waals surface area contributed by atoms with Crippen molar-refractivity contribution >= 4 is 5.82 Å². The van der Waals surface area contributed by atoms with Gasteiger partial charge in [-0.25, -0.2) is 13.8 Å². The van der Waals surface area contributed by atoms with Crippen molar-refractivity contribution < 1.29 is 8.78 Å². The fourth-order valence-corrected chi connectivity index (χ4v) is 1.44. The zero-order valence-corrected chi connectivity index (χ0v) is 9.56. The summed E-state index contributed by atoms with van der Waals surface area (Å²) >= 11 is 0. The van der Waals surface area contributed by atoms with E-state index in [1.54, 1.807) is 0 Å². The summed E-state index contributed by atoms with van der Waals surface area (Å²) in [5.41, 5.74) is 5.17. The lowest BCUT2D eigenvalue weighted by Gasteiger charge is -2.29. The van der Waals surface area contributed by atoms with E-state index in [2.05, 4.69) is 10.3 Å². The molecule has 0 aliphatic heterocycles. The normalized spacial score (nSPS) is 14.6. The molecule has 3 nitrogen and oxygen atoms in total. The minimum absolute atomic E-state index is 0.0687. The van der Waals surface area contributed by atoms with Gasteiger partial charge in [-0.1, -0.05) is 6.92 Å². The highest BCUT2D eigenvalue weighted by Gasteiger charge is 2.22. The van der Waals surface area contributed by atoms with E-state index in [0.29, 0.717) is 13.0 Å². The van der Waals surface area contributed by atoms with Crippen LogP contribution in [-0.2, 0) is 0 Å². The predicted molar refractivity (Wildman–Crippen MR) is 60.1 cm³/mol. The van der Waals surface area contributed by atoms with Crippen molar-refractivity contribution in [2.45, 2.75) is 32.2 Å². The molecule has 0 spiro atoms. The molecule has 1 aromatic rings. The number of halogens is 2. The molecule has 0 amide bonds. The van der Waals surface area contributed by atoms with Crippen molar-refractivity contribution in [3.63, 3.8) is 0 Å². The zero-order chi connectivity index (χ0) is 12.2. The molecule has 1 aromatic heterocycles. The van der Waals surface area contributed by atoms with Crippen LogP contribution in [0.5, 0.6) is 0 Å². The first kappa shape index (κ1) is 12.8. The van der Waals surface area contributed by atoms with E-state index in [9.17, 15) is 8.78 Å². The van der Waals surface area contributed by atoms with Crippen LogP contribution in [0.25, 0.3) is 0 Å². The Hall–Kier alpha value is -1.23. The third-order valence-corrected chi connectivity index (χ3v) is 2.70. The Morgan fingerprint density at radius 1 is 1.50 bits per heavy atom. The quantitative estimate of drug-likeness (QED) is 0.814. The van der Waals surface area contributed by atoms with Crippen LogP contribution in [0.1, 0.15) is 26.7 Å². The molecule has 90 valence electrons. The number of nitrogens with two attached hydrogens (primary N) is 1. The standard InChI is InChI=1S/C11H17F2N3/c1-3-11(2,4-5-14)16-10-9(13)6-8(12)7-15-10/h6-7H,3-5,14H2,1-2H3,(H,15,16). The van der Waals surface area contributed by atoms with Gasteiger partial charge in [-0.3, -0.25) is 0 Å². The second-order valence-electron chi connectivity index (χ2n) is 4.06. The van der Waals surface area contributed by atoms with Crippen molar-refractivity contribution in [1.82, 2.24) is 4.98 Å². The third-order valence-electron chi connectivity index (χ3n) is 2.70. The number of hydrogen-bond acceptors (Lipinski definition) is 3. The van der Waals surface area contributed by atoms with Gasteiger partial charge in [0.25, 0.3) is 0 Å². The van der Waals surface area contributed by atoms with Gasteiger partial charge in [-0.05, 0) is 26.3 Å². The van der Waals surface area contributed by atoms with Crippen LogP contribution >= 0.6 is 0 Å². The van der Waals surface area contributed by atoms with Crippen molar-refractivity contribution in [2.75, 3.05) is 11.9 Å². The Bertz CT molecular complexity index is 357. The van der Waals surface area contributed by atoms with E-state index < -0.39 is 11.6 Å². The lowest BCUT2D eigenvalue weighted by atomic mass is 9.94. The summed E-state index contributed by atoms with van der Waals surface area (Å²) in [5, 5.41) is 2.97. The fourth-order valence-electron chi connectivity index (χ4n) is 1.44. The Kier molecular flexibility index (Phi) is 4.18. The first-order valence-corrected chi connectivity index (χ1v) is 5.30. The Morgan fingerprint density at radius 3 is 2.69 bits per heavy atom. The topological polar surface area (TPSA) is 50.9 Å². The zero-order valence-electron chi connectivity index (χ0n) is 9.56. The van der Waals surface area contributed by atoms with E-state index >= 15 is 0 Å². The summed E-state index contributed by atoms with van der Waals surface area (Å²) in [6.45, 7) is 4.41. The van der Waals surface area contributed by atoms with Gasteiger partial charge in [0.2, 0.25) is 0 Å². The maximum Gasteiger partial charge on any atom is 0.168 e. The van der Waals surface area contributed by atoms with Crippen molar-refractivity contribution in [3.05, 3.63) is 23.9 Å². The molecule has 0 saturated heterocycles. The summed E-state index contributed by atoms with van der Waals surface area (Å²) in [6.07, 6.45) is 2.47. The number of nitrogens with zero attached hydrogens (tertiary/aromatic N) is 1. The van der Waals surface area contributed by atoms with Gasteiger partial charge in [0.1, 0.15) is 5.82 Å². The van der Waals surface area contributed by atoms with Crippen LogP contribution in [0.4, 0.5) is 14.6 Å². The molecule has 1 atom stereocenters. The van der Waals surface area contributed by atoms with Gasteiger partial charge >= 0.3 is 0 Å². The minimum Gasteiger partial charge on any atom is -0.362 e. The number of pyridine rings is 1. The van der Waals surface area contributed by atoms with Crippen molar-refractivity contribution in [1.29, 1.82) is 0 Å². The minimum atomic E-state index is -0.684. The van der Waals surface area contributed by atoms with Gasteiger partial charge in [0.15, 0.2) is 11.6 Å². The van der Waals surface area contributed by atoms with Crippen LogP contribution in [0.2, 0.25) is 0 Å². The molecule has 0 aliphatic carbocycles. The summed E-state index contributed by atoms with van der Waals surface area (Å²) in [5.74, 6) is -1.30. The molecule has 1 heterocycles. The Balaban J connectivity index is 2.85. The molecule has 1 rings (SSSR count). The molecule has 0 bridgehead atoms. The number of nitrogens with one attached hydrogen (secondary N) is 1. The van der Waals surface area contributed by atoms with Gasteiger partial charge in [-0.15, -0.1) is 0 Å². The molecule has 0 aliphatic rings. The first-order valence-electron chi connectivity index (χ1n) is 5.30. The SMILES string of the molecule is CCC(C)(CCN)Nc1ncc(F)cc1F. The van der Waals surface area contributed by atoms with Crippen LogP contribution in [-0.4, -0.2) is 17.1 Å². The molecule has 5 heteroatoms. The average molecular weight is 229 g/mol. The molecule has 0 aromatic carbocycles. The van der Waals surface area contributed by atoms with E-state index in [0.717, 1.165) is 18.7 Å². The van der Waals surface area contributed by atoms with Gasteiger partial charge in [0, 0.05) is 11.6 Å². The van der Waals surface area contributed by atoms with Gasteiger partial charge < -0.3 is 11.1 Å². The summed E-state index contributed by atoms with van der Waals surface area (Å²) in [4.78, 5) is 3.69. The lowest BCUT2D eigenvalue weighted by molar-refractivity contribution is 0.456.